The zero-order valence-corrected chi connectivity index (χ0v) is 16.3. The Labute approximate surface area is 167 Å². The number of fused-ring (bicyclic) bond motifs is 1. The van der Waals surface area contributed by atoms with E-state index >= 15 is 0 Å². The van der Waals surface area contributed by atoms with Crippen LogP contribution in [0.3, 0.4) is 0 Å². The Balaban J connectivity index is 1.77. The Kier molecular flexibility index (Phi) is 4.72. The summed E-state index contributed by atoms with van der Waals surface area (Å²) in [5.41, 5.74) is 2.81. The van der Waals surface area contributed by atoms with Crippen molar-refractivity contribution in [2.45, 2.75) is 26.8 Å². The van der Waals surface area contributed by atoms with Gasteiger partial charge in [-0.05, 0) is 63.2 Å². The largest absolute Gasteiger partial charge is 0.463 e. The van der Waals surface area contributed by atoms with Gasteiger partial charge in [-0.25, -0.2) is 9.67 Å². The fraction of sp³-hybridized carbons (Fsp3) is 0.182. The van der Waals surface area contributed by atoms with E-state index in [1.807, 2.05) is 13.8 Å². The number of hydrogen-bond donors (Lipinski definition) is 1. The number of aromatic nitrogens is 3. The number of anilines is 1. The van der Waals surface area contributed by atoms with Gasteiger partial charge in [-0.15, -0.1) is 0 Å². The van der Waals surface area contributed by atoms with E-state index in [0.717, 1.165) is 0 Å². The van der Waals surface area contributed by atoms with E-state index in [4.69, 9.17) is 4.42 Å². The minimum absolute atomic E-state index is 0.0251. The molecule has 7 nitrogen and oxygen atoms in total. The number of carbonyl (C=O) groups excluding carboxylic acids is 2. The summed E-state index contributed by atoms with van der Waals surface area (Å²) >= 11 is 0. The normalized spacial score (nSPS) is 11.2. The summed E-state index contributed by atoms with van der Waals surface area (Å²) in [6, 6.07) is 12.1. The third-order valence-corrected chi connectivity index (χ3v) is 4.62. The van der Waals surface area contributed by atoms with Crippen molar-refractivity contribution in [1.82, 2.24) is 14.8 Å². The van der Waals surface area contributed by atoms with Gasteiger partial charge in [-0.2, -0.15) is 5.10 Å². The molecule has 7 heteroatoms. The average Bonchev–Trinajstić information content (AvgIpc) is 3.37. The van der Waals surface area contributed by atoms with Gasteiger partial charge in [-0.3, -0.25) is 9.59 Å². The maximum Gasteiger partial charge on any atom is 0.256 e. The molecular formula is C22H20N4O3. The second-order valence-corrected chi connectivity index (χ2v) is 7.04. The molecule has 4 rings (SSSR count). The first kappa shape index (κ1) is 18.6. The zero-order chi connectivity index (χ0) is 20.5. The Morgan fingerprint density at radius 2 is 1.90 bits per heavy atom. The molecule has 3 heterocycles. The second-order valence-electron chi connectivity index (χ2n) is 7.04. The molecule has 1 aromatic carbocycles. The predicted molar refractivity (Wildman–Crippen MR) is 110 cm³/mol. The zero-order valence-electron chi connectivity index (χ0n) is 16.3. The average molecular weight is 388 g/mol. The number of nitrogens with one attached hydrogen (secondary N) is 1. The van der Waals surface area contributed by atoms with Crippen molar-refractivity contribution in [2.75, 3.05) is 5.32 Å². The number of benzene rings is 1. The van der Waals surface area contributed by atoms with E-state index in [2.05, 4.69) is 15.4 Å². The molecule has 29 heavy (non-hydrogen) atoms. The molecule has 0 saturated heterocycles. The summed E-state index contributed by atoms with van der Waals surface area (Å²) in [6.07, 6.45) is 3.22. The van der Waals surface area contributed by atoms with Gasteiger partial charge < -0.3 is 9.73 Å². The fourth-order valence-corrected chi connectivity index (χ4v) is 3.12. The van der Waals surface area contributed by atoms with Crippen molar-refractivity contribution in [3.63, 3.8) is 0 Å². The van der Waals surface area contributed by atoms with Crippen LogP contribution in [0.25, 0.3) is 22.5 Å². The van der Waals surface area contributed by atoms with Crippen LogP contribution in [0.1, 0.15) is 47.5 Å². The minimum Gasteiger partial charge on any atom is -0.463 e. The van der Waals surface area contributed by atoms with Gasteiger partial charge in [0.2, 0.25) is 0 Å². The highest BCUT2D eigenvalue weighted by molar-refractivity contribution is 6.12. The molecule has 0 fully saturated rings. The van der Waals surface area contributed by atoms with Gasteiger partial charge in [-0.1, -0.05) is 0 Å². The summed E-state index contributed by atoms with van der Waals surface area (Å²) < 4.78 is 7.26. The lowest BCUT2D eigenvalue weighted by atomic mass is 10.1. The standard InChI is InChI=1S/C22H20N4O3/c1-13(2)26-21-18(12-23-26)17(11-19(25-21)20-5-4-10-29-20)22(28)24-16-8-6-15(7-9-16)14(3)27/h4-13H,1-3H3,(H,24,28). The molecule has 0 aliphatic carbocycles. The SMILES string of the molecule is CC(=O)c1ccc(NC(=O)c2cc(-c3ccco3)nc3c2cnn3C(C)C)cc1. The molecule has 0 bridgehead atoms. The van der Waals surface area contributed by atoms with E-state index in [9.17, 15) is 9.59 Å². The van der Waals surface area contributed by atoms with Crippen molar-refractivity contribution >= 4 is 28.4 Å². The highest BCUT2D eigenvalue weighted by Crippen LogP contribution is 2.27. The van der Waals surface area contributed by atoms with Crippen molar-refractivity contribution in [2.24, 2.45) is 0 Å². The van der Waals surface area contributed by atoms with Crippen LogP contribution in [0.4, 0.5) is 5.69 Å². The Morgan fingerprint density at radius 3 is 2.52 bits per heavy atom. The summed E-state index contributed by atoms with van der Waals surface area (Å²) in [6.45, 7) is 5.51. The monoisotopic (exact) mass is 388 g/mol. The lowest BCUT2D eigenvalue weighted by molar-refractivity contribution is 0.101. The van der Waals surface area contributed by atoms with E-state index in [0.29, 0.717) is 39.3 Å². The number of carbonyl (C=O) groups is 2. The smallest absolute Gasteiger partial charge is 0.256 e. The topological polar surface area (TPSA) is 90.0 Å². The Morgan fingerprint density at radius 1 is 1.14 bits per heavy atom. The number of Topliss-reactive ketones (excluding diaryl/α,β-unsaturated/α-hetero) is 1. The van der Waals surface area contributed by atoms with Crippen LogP contribution in [-0.2, 0) is 0 Å². The third-order valence-electron chi connectivity index (χ3n) is 4.62. The summed E-state index contributed by atoms with van der Waals surface area (Å²) in [7, 11) is 0. The quantitative estimate of drug-likeness (QED) is 0.499. The number of ketones is 1. The van der Waals surface area contributed by atoms with Crippen LogP contribution in [0.2, 0.25) is 0 Å². The van der Waals surface area contributed by atoms with Crippen LogP contribution in [0.5, 0.6) is 0 Å². The van der Waals surface area contributed by atoms with E-state index in [1.54, 1.807) is 59.6 Å². The van der Waals surface area contributed by atoms with Gasteiger partial charge in [0.25, 0.3) is 5.91 Å². The first-order chi connectivity index (χ1) is 13.9. The molecular weight excluding hydrogens is 368 g/mol. The lowest BCUT2D eigenvalue weighted by Crippen LogP contribution is -2.13. The maximum absolute atomic E-state index is 13.1. The van der Waals surface area contributed by atoms with Crippen LogP contribution < -0.4 is 5.32 Å². The fourth-order valence-electron chi connectivity index (χ4n) is 3.12. The summed E-state index contributed by atoms with van der Waals surface area (Å²) in [4.78, 5) is 29.2. The molecule has 0 saturated carbocycles. The first-order valence-electron chi connectivity index (χ1n) is 9.28. The molecule has 0 aliphatic rings. The number of nitrogens with zero attached hydrogens (tertiary/aromatic N) is 3. The molecule has 4 aromatic rings. The van der Waals surface area contributed by atoms with Crippen molar-refractivity contribution < 1.29 is 14.0 Å². The Hall–Kier alpha value is -3.74. The Bertz CT molecular complexity index is 1190. The van der Waals surface area contributed by atoms with Gasteiger partial charge in [0, 0.05) is 17.3 Å². The van der Waals surface area contributed by atoms with E-state index < -0.39 is 0 Å². The highest BCUT2D eigenvalue weighted by Gasteiger charge is 2.19. The van der Waals surface area contributed by atoms with E-state index in [-0.39, 0.29) is 17.7 Å². The molecule has 0 spiro atoms. The van der Waals surface area contributed by atoms with Gasteiger partial charge in [0.05, 0.1) is 23.4 Å². The second kappa shape index (κ2) is 7.35. The van der Waals surface area contributed by atoms with Crippen molar-refractivity contribution in [3.8, 4) is 11.5 Å². The van der Waals surface area contributed by atoms with Crippen molar-refractivity contribution in [1.29, 1.82) is 0 Å². The summed E-state index contributed by atoms with van der Waals surface area (Å²) in [5.74, 6) is 0.260. The minimum atomic E-state index is -0.288. The number of amides is 1. The molecule has 0 atom stereocenters. The van der Waals surface area contributed by atoms with Crippen LogP contribution in [0.15, 0.2) is 59.3 Å². The molecule has 3 aromatic heterocycles. The summed E-state index contributed by atoms with van der Waals surface area (Å²) in [5, 5.41) is 7.95. The molecule has 1 amide bonds. The predicted octanol–water partition coefficient (Wildman–Crippen LogP) is 4.73. The molecule has 146 valence electrons. The lowest BCUT2D eigenvalue weighted by Gasteiger charge is -2.10. The van der Waals surface area contributed by atoms with Gasteiger partial charge >= 0.3 is 0 Å². The van der Waals surface area contributed by atoms with Crippen molar-refractivity contribution in [3.05, 3.63) is 66.1 Å². The van der Waals surface area contributed by atoms with Crippen LogP contribution in [0, 0.1) is 0 Å². The van der Waals surface area contributed by atoms with Gasteiger partial charge in [0.1, 0.15) is 5.69 Å². The van der Waals surface area contributed by atoms with E-state index in [1.165, 1.54) is 6.92 Å². The van der Waals surface area contributed by atoms with Crippen LogP contribution >= 0.6 is 0 Å². The molecule has 0 unspecified atom stereocenters. The van der Waals surface area contributed by atoms with Crippen LogP contribution in [-0.4, -0.2) is 26.5 Å². The number of pyridine rings is 1. The maximum atomic E-state index is 13.1. The number of furan rings is 1. The highest BCUT2D eigenvalue weighted by atomic mass is 16.3. The molecule has 1 N–H and O–H groups in total. The van der Waals surface area contributed by atoms with Gasteiger partial charge in [0.15, 0.2) is 17.2 Å². The number of rotatable bonds is 5. The first-order valence-corrected chi connectivity index (χ1v) is 9.28. The molecule has 0 aliphatic heterocycles. The number of hydrogen-bond acceptors (Lipinski definition) is 5. The third kappa shape index (κ3) is 3.54. The molecule has 0 radical (unpaired) electrons.